The number of halogens is 3. The maximum Gasteiger partial charge on any atom is 0.319 e. The first-order valence-corrected chi connectivity index (χ1v) is 6.60. The van der Waals surface area contributed by atoms with E-state index in [9.17, 15) is 18.4 Å². The number of anilines is 1. The van der Waals surface area contributed by atoms with Crippen LogP contribution in [0.25, 0.3) is 0 Å². The van der Waals surface area contributed by atoms with Crippen molar-refractivity contribution in [2.24, 2.45) is 0 Å². The van der Waals surface area contributed by atoms with Crippen LogP contribution in [-0.2, 0) is 4.79 Å². The molecule has 0 fully saturated rings. The summed E-state index contributed by atoms with van der Waals surface area (Å²) in [7, 11) is 0. The van der Waals surface area contributed by atoms with E-state index in [2.05, 4.69) is 26.6 Å². The summed E-state index contributed by atoms with van der Waals surface area (Å²) in [5.74, 6) is -2.54. The number of nitrogens with one attached hydrogen (secondary N) is 2. The molecule has 5 nitrogen and oxygen atoms in total. The fourth-order valence-corrected chi connectivity index (χ4v) is 1.93. The van der Waals surface area contributed by atoms with E-state index in [-0.39, 0.29) is 23.1 Å². The van der Waals surface area contributed by atoms with Gasteiger partial charge in [0.2, 0.25) is 0 Å². The number of benzene rings is 1. The van der Waals surface area contributed by atoms with Gasteiger partial charge in [0.1, 0.15) is 5.82 Å². The quantitative estimate of drug-likeness (QED) is 0.689. The van der Waals surface area contributed by atoms with Crippen LogP contribution in [0.15, 0.2) is 16.6 Å². The number of carbonyl (C=O) groups is 2. The lowest BCUT2D eigenvalue weighted by Gasteiger charge is -2.10. The number of urea groups is 1. The van der Waals surface area contributed by atoms with Crippen molar-refractivity contribution in [1.29, 1.82) is 0 Å². The van der Waals surface area contributed by atoms with E-state index in [0.29, 0.717) is 18.9 Å². The minimum absolute atomic E-state index is 0.0292. The van der Waals surface area contributed by atoms with Crippen LogP contribution < -0.4 is 10.6 Å². The first-order valence-electron chi connectivity index (χ1n) is 5.81. The second-order valence-electron chi connectivity index (χ2n) is 3.98. The Bertz CT molecular complexity index is 488. The van der Waals surface area contributed by atoms with Gasteiger partial charge in [-0.3, -0.25) is 4.79 Å². The summed E-state index contributed by atoms with van der Waals surface area (Å²) in [5, 5.41) is 13.1. The third-order valence-corrected chi connectivity index (χ3v) is 2.97. The van der Waals surface area contributed by atoms with E-state index in [4.69, 9.17) is 5.11 Å². The molecular weight excluding hydrogens is 338 g/mol. The number of carboxylic acids is 1. The molecule has 3 N–H and O–H groups in total. The third kappa shape index (κ3) is 5.52. The fourth-order valence-electron chi connectivity index (χ4n) is 1.42. The van der Waals surface area contributed by atoms with Gasteiger partial charge in [-0.05, 0) is 34.8 Å². The zero-order valence-electron chi connectivity index (χ0n) is 10.4. The molecule has 110 valence electrons. The molecule has 0 aliphatic rings. The molecule has 0 aliphatic heterocycles. The Morgan fingerprint density at radius 1 is 1.25 bits per heavy atom. The van der Waals surface area contributed by atoms with Crippen LogP contribution in [0.4, 0.5) is 19.3 Å². The number of aliphatic carboxylic acids is 1. The first kappa shape index (κ1) is 16.4. The summed E-state index contributed by atoms with van der Waals surface area (Å²) in [5.41, 5.74) is -0.158. The van der Waals surface area contributed by atoms with Crippen molar-refractivity contribution in [3.63, 3.8) is 0 Å². The standard InChI is InChI=1S/C12H13BrF2N2O3/c13-8-5-7(14)6-9(15)11(8)17-12(20)16-4-2-1-3-10(18)19/h5-6H,1-4H2,(H,18,19)(H2,16,17,20). The molecule has 0 heterocycles. The molecule has 0 saturated heterocycles. The van der Waals surface area contributed by atoms with Crippen LogP contribution in [0, 0.1) is 11.6 Å². The van der Waals surface area contributed by atoms with Gasteiger partial charge in [-0.2, -0.15) is 0 Å². The Labute approximate surface area is 122 Å². The zero-order chi connectivity index (χ0) is 15.1. The minimum Gasteiger partial charge on any atom is -0.481 e. The van der Waals surface area contributed by atoms with Crippen molar-refractivity contribution in [2.75, 3.05) is 11.9 Å². The molecule has 20 heavy (non-hydrogen) atoms. The highest BCUT2D eigenvalue weighted by Gasteiger charge is 2.12. The lowest BCUT2D eigenvalue weighted by molar-refractivity contribution is -0.137. The number of rotatable bonds is 6. The van der Waals surface area contributed by atoms with Gasteiger partial charge in [0.25, 0.3) is 0 Å². The summed E-state index contributed by atoms with van der Waals surface area (Å²) in [6, 6.07) is 1.05. The number of carbonyl (C=O) groups excluding carboxylic acids is 1. The number of amides is 2. The first-order chi connectivity index (χ1) is 9.40. The molecule has 0 radical (unpaired) electrons. The van der Waals surface area contributed by atoms with Gasteiger partial charge in [-0.25, -0.2) is 13.6 Å². The summed E-state index contributed by atoms with van der Waals surface area (Å²) in [6.45, 7) is 0.263. The highest BCUT2D eigenvalue weighted by atomic mass is 79.9. The lowest BCUT2D eigenvalue weighted by atomic mass is 10.2. The van der Waals surface area contributed by atoms with Gasteiger partial charge in [0.15, 0.2) is 5.82 Å². The number of hydrogen-bond acceptors (Lipinski definition) is 2. The van der Waals surface area contributed by atoms with Crippen molar-refractivity contribution < 1.29 is 23.5 Å². The zero-order valence-corrected chi connectivity index (χ0v) is 12.0. The summed E-state index contributed by atoms with van der Waals surface area (Å²) in [6.07, 6.45) is 0.957. The van der Waals surface area contributed by atoms with Crippen molar-refractivity contribution in [3.8, 4) is 0 Å². The smallest absolute Gasteiger partial charge is 0.319 e. The molecule has 0 atom stereocenters. The van der Waals surface area contributed by atoms with Crippen molar-refractivity contribution in [2.45, 2.75) is 19.3 Å². The van der Waals surface area contributed by atoms with Crippen LogP contribution in [0.3, 0.4) is 0 Å². The average Bonchev–Trinajstić information content (AvgIpc) is 2.33. The van der Waals surface area contributed by atoms with E-state index >= 15 is 0 Å². The number of unbranched alkanes of at least 4 members (excludes halogenated alkanes) is 1. The molecule has 0 aliphatic carbocycles. The molecule has 1 rings (SSSR count). The Hall–Kier alpha value is -1.70. The number of carboxylic acid groups (broad SMARTS) is 1. The largest absolute Gasteiger partial charge is 0.481 e. The van der Waals surface area contributed by atoms with Gasteiger partial charge >= 0.3 is 12.0 Å². The molecule has 0 saturated carbocycles. The van der Waals surface area contributed by atoms with Crippen LogP contribution in [-0.4, -0.2) is 23.7 Å². The van der Waals surface area contributed by atoms with Gasteiger partial charge in [-0.15, -0.1) is 0 Å². The minimum atomic E-state index is -0.897. The van der Waals surface area contributed by atoms with Crippen LogP contribution >= 0.6 is 15.9 Å². The monoisotopic (exact) mass is 350 g/mol. The second kappa shape index (κ2) is 7.78. The molecule has 0 unspecified atom stereocenters. The molecule has 8 heteroatoms. The number of hydrogen-bond donors (Lipinski definition) is 3. The van der Waals surface area contributed by atoms with Gasteiger partial charge in [-0.1, -0.05) is 0 Å². The van der Waals surface area contributed by atoms with Crippen molar-refractivity contribution in [3.05, 3.63) is 28.2 Å². The lowest BCUT2D eigenvalue weighted by Crippen LogP contribution is -2.30. The Morgan fingerprint density at radius 2 is 1.95 bits per heavy atom. The van der Waals surface area contributed by atoms with Gasteiger partial charge < -0.3 is 15.7 Å². The van der Waals surface area contributed by atoms with Crippen LogP contribution in [0.2, 0.25) is 0 Å². The maximum absolute atomic E-state index is 13.4. The van der Waals surface area contributed by atoms with E-state index in [1.807, 2.05) is 0 Å². The van der Waals surface area contributed by atoms with Crippen molar-refractivity contribution >= 4 is 33.6 Å². The third-order valence-electron chi connectivity index (χ3n) is 2.35. The topological polar surface area (TPSA) is 78.4 Å². The summed E-state index contributed by atoms with van der Waals surface area (Å²) in [4.78, 5) is 21.7. The van der Waals surface area contributed by atoms with Gasteiger partial charge in [0, 0.05) is 23.5 Å². The highest BCUT2D eigenvalue weighted by Crippen LogP contribution is 2.26. The molecule has 1 aromatic rings. The Kier molecular flexibility index (Phi) is 6.37. The summed E-state index contributed by atoms with van der Waals surface area (Å²) < 4.78 is 26.4. The SMILES string of the molecule is O=C(O)CCCCNC(=O)Nc1c(F)cc(F)cc1Br. The normalized spacial score (nSPS) is 10.2. The van der Waals surface area contributed by atoms with E-state index < -0.39 is 23.6 Å². The molecule has 2 amide bonds. The fraction of sp³-hybridized carbons (Fsp3) is 0.333. The molecule has 0 aromatic heterocycles. The van der Waals surface area contributed by atoms with Gasteiger partial charge in [0.05, 0.1) is 5.69 Å². The van der Waals surface area contributed by atoms with Crippen molar-refractivity contribution in [1.82, 2.24) is 5.32 Å². The molecule has 1 aromatic carbocycles. The Morgan fingerprint density at radius 3 is 2.55 bits per heavy atom. The van der Waals surface area contributed by atoms with Crippen LogP contribution in [0.5, 0.6) is 0 Å². The molecule has 0 bridgehead atoms. The molecule has 0 spiro atoms. The predicted molar refractivity (Wildman–Crippen MR) is 72.6 cm³/mol. The average molecular weight is 351 g/mol. The van der Waals surface area contributed by atoms with E-state index in [0.717, 1.165) is 6.07 Å². The van der Waals surface area contributed by atoms with E-state index in [1.165, 1.54) is 0 Å². The molecular formula is C12H13BrF2N2O3. The maximum atomic E-state index is 13.4. The summed E-state index contributed by atoms with van der Waals surface area (Å²) >= 11 is 2.95. The Balaban J connectivity index is 2.41. The highest BCUT2D eigenvalue weighted by molar-refractivity contribution is 9.10. The second-order valence-corrected chi connectivity index (χ2v) is 4.83. The van der Waals surface area contributed by atoms with Crippen LogP contribution in [0.1, 0.15) is 19.3 Å². The van der Waals surface area contributed by atoms with E-state index in [1.54, 1.807) is 0 Å². The predicted octanol–water partition coefficient (Wildman–Crippen LogP) is 3.10.